The fourth-order valence-electron chi connectivity index (χ4n) is 4.21. The van der Waals surface area contributed by atoms with Crippen LogP contribution in [0.4, 0.5) is 0 Å². The lowest BCUT2D eigenvalue weighted by atomic mass is 10.0. The molecule has 1 amide bonds. The van der Waals surface area contributed by atoms with Crippen molar-refractivity contribution in [2.75, 3.05) is 6.54 Å². The topological polar surface area (TPSA) is 72.6 Å². The van der Waals surface area contributed by atoms with E-state index in [-0.39, 0.29) is 11.9 Å². The van der Waals surface area contributed by atoms with Crippen LogP contribution in [0.1, 0.15) is 38.1 Å². The van der Waals surface area contributed by atoms with Crippen LogP contribution in [-0.4, -0.2) is 36.7 Å². The Balaban J connectivity index is 1.51. The number of hydrogen-bond donors (Lipinski definition) is 0. The Bertz CT molecular complexity index is 1340. The zero-order chi connectivity index (χ0) is 22.6. The van der Waals surface area contributed by atoms with Crippen molar-refractivity contribution < 1.29 is 9.53 Å². The van der Waals surface area contributed by atoms with E-state index in [1.54, 1.807) is 25.5 Å². The molecule has 4 heterocycles. The summed E-state index contributed by atoms with van der Waals surface area (Å²) in [6.07, 6.45) is 9.93. The molecule has 3 aromatic heterocycles. The summed E-state index contributed by atoms with van der Waals surface area (Å²) in [6.45, 7) is 2.36. The van der Waals surface area contributed by atoms with Gasteiger partial charge in [0, 0.05) is 18.9 Å². The third-order valence-corrected chi connectivity index (χ3v) is 5.73. The van der Waals surface area contributed by atoms with Crippen LogP contribution >= 0.6 is 0 Å². The summed E-state index contributed by atoms with van der Waals surface area (Å²) in [5.74, 6) is 7.46. The molecule has 0 N–H and O–H groups in total. The average molecular weight is 438 g/mol. The second kappa shape index (κ2) is 9.13. The molecule has 4 aromatic rings. The molecule has 1 aliphatic rings. The summed E-state index contributed by atoms with van der Waals surface area (Å²) in [4.78, 5) is 28.4. The summed E-state index contributed by atoms with van der Waals surface area (Å²) < 4.78 is 7.87. The maximum atomic E-state index is 12.7. The minimum Gasteiger partial charge on any atom is -0.456 e. The summed E-state index contributed by atoms with van der Waals surface area (Å²) in [6, 6.07) is 13.2. The molecule has 0 unspecified atom stereocenters. The van der Waals surface area contributed by atoms with Crippen LogP contribution in [0.25, 0.3) is 16.9 Å². The number of piperidine rings is 1. The van der Waals surface area contributed by atoms with E-state index < -0.39 is 0 Å². The number of ether oxygens (including phenoxy) is 1. The summed E-state index contributed by atoms with van der Waals surface area (Å²) in [5.41, 5.74) is 2.29. The van der Waals surface area contributed by atoms with Gasteiger partial charge in [-0.1, -0.05) is 24.1 Å². The molecule has 33 heavy (non-hydrogen) atoms. The second-order valence-corrected chi connectivity index (χ2v) is 7.83. The molecule has 0 bridgehead atoms. The highest BCUT2D eigenvalue weighted by molar-refractivity contribution is 5.93. The summed E-state index contributed by atoms with van der Waals surface area (Å²) in [7, 11) is 0. The highest BCUT2D eigenvalue weighted by atomic mass is 16.5. The van der Waals surface area contributed by atoms with Crippen LogP contribution in [-0.2, 0) is 4.79 Å². The molecule has 164 valence electrons. The number of nitrogens with zero attached hydrogens (tertiary/aromatic N) is 5. The smallest absolute Gasteiger partial charge is 0.299 e. The van der Waals surface area contributed by atoms with Gasteiger partial charge >= 0.3 is 0 Å². The van der Waals surface area contributed by atoms with E-state index >= 15 is 0 Å². The van der Waals surface area contributed by atoms with E-state index in [0.29, 0.717) is 18.0 Å². The molecule has 7 nitrogen and oxygen atoms in total. The lowest BCUT2D eigenvalue weighted by Crippen LogP contribution is -2.38. The van der Waals surface area contributed by atoms with Crippen molar-refractivity contribution in [3.8, 4) is 34.7 Å². The van der Waals surface area contributed by atoms with Crippen molar-refractivity contribution in [3.63, 3.8) is 0 Å². The van der Waals surface area contributed by atoms with Gasteiger partial charge in [0.1, 0.15) is 23.0 Å². The number of fused-ring (bicyclic) bond motifs is 1. The molecular weight excluding hydrogens is 414 g/mol. The molecular formula is C26H23N5O2. The number of aromatic nitrogens is 4. The number of carbonyl (C=O) groups is 1. The van der Waals surface area contributed by atoms with Gasteiger partial charge in [-0.15, -0.1) is 0 Å². The van der Waals surface area contributed by atoms with Crippen LogP contribution in [0.5, 0.6) is 11.5 Å². The first-order valence-electron chi connectivity index (χ1n) is 11.0. The minimum absolute atomic E-state index is 0.142. The van der Waals surface area contributed by atoms with Crippen molar-refractivity contribution in [2.45, 2.75) is 32.2 Å². The molecule has 5 rings (SSSR count). The SMILES string of the molecule is CC#CC(=O)N1CCCC[C@H]1c1nc(-c2ccc(Oc3ccccc3)cn2)c2cnccn12. The third kappa shape index (κ3) is 4.15. The molecule has 1 fully saturated rings. The first-order valence-corrected chi connectivity index (χ1v) is 11.0. The van der Waals surface area contributed by atoms with E-state index in [1.165, 1.54) is 0 Å². The largest absolute Gasteiger partial charge is 0.456 e. The quantitative estimate of drug-likeness (QED) is 0.434. The fourth-order valence-corrected chi connectivity index (χ4v) is 4.21. The molecule has 1 atom stereocenters. The van der Waals surface area contributed by atoms with E-state index in [9.17, 15) is 4.79 Å². The van der Waals surface area contributed by atoms with Crippen molar-refractivity contribution >= 4 is 11.4 Å². The lowest BCUT2D eigenvalue weighted by Gasteiger charge is -2.33. The summed E-state index contributed by atoms with van der Waals surface area (Å²) in [5, 5.41) is 0. The maximum Gasteiger partial charge on any atom is 0.299 e. The fraction of sp³-hybridized carbons (Fsp3) is 0.231. The van der Waals surface area contributed by atoms with E-state index in [2.05, 4.69) is 21.8 Å². The number of benzene rings is 1. The van der Waals surface area contributed by atoms with Gasteiger partial charge in [0.05, 0.1) is 29.6 Å². The highest BCUT2D eigenvalue weighted by Crippen LogP contribution is 2.34. The Kier molecular flexibility index (Phi) is 5.73. The van der Waals surface area contributed by atoms with Crippen LogP contribution in [0.15, 0.2) is 67.3 Å². The maximum absolute atomic E-state index is 12.7. The first kappa shape index (κ1) is 20.7. The van der Waals surface area contributed by atoms with Crippen LogP contribution in [0.2, 0.25) is 0 Å². The molecule has 0 spiro atoms. The predicted molar refractivity (Wildman–Crippen MR) is 124 cm³/mol. The summed E-state index contributed by atoms with van der Waals surface area (Å²) >= 11 is 0. The van der Waals surface area contributed by atoms with Crippen LogP contribution < -0.4 is 4.74 Å². The van der Waals surface area contributed by atoms with Gasteiger partial charge in [-0.2, -0.15) is 0 Å². The molecule has 0 aliphatic carbocycles. The Labute approximate surface area is 192 Å². The van der Waals surface area contributed by atoms with E-state index in [0.717, 1.165) is 42.0 Å². The molecule has 1 aromatic carbocycles. The Morgan fingerprint density at radius 1 is 1.09 bits per heavy atom. The molecule has 0 saturated carbocycles. The van der Waals surface area contributed by atoms with Gasteiger partial charge in [-0.05, 0) is 56.4 Å². The van der Waals surface area contributed by atoms with Gasteiger partial charge in [0.25, 0.3) is 5.91 Å². The van der Waals surface area contributed by atoms with Gasteiger partial charge < -0.3 is 9.64 Å². The molecule has 1 aliphatic heterocycles. The van der Waals surface area contributed by atoms with Crippen molar-refractivity contribution in [3.05, 3.63) is 73.1 Å². The van der Waals surface area contributed by atoms with Gasteiger partial charge in [-0.25, -0.2) is 4.98 Å². The first-order chi connectivity index (χ1) is 16.2. The Hall–Kier alpha value is -4.18. The predicted octanol–water partition coefficient (Wildman–Crippen LogP) is 4.66. The van der Waals surface area contributed by atoms with Gasteiger partial charge in [-0.3, -0.25) is 19.2 Å². The van der Waals surface area contributed by atoms with Crippen LogP contribution in [0.3, 0.4) is 0 Å². The minimum atomic E-state index is -0.157. The molecule has 0 radical (unpaired) electrons. The van der Waals surface area contributed by atoms with Crippen molar-refractivity contribution in [1.29, 1.82) is 0 Å². The number of pyridine rings is 1. The number of hydrogen-bond acceptors (Lipinski definition) is 5. The number of para-hydroxylation sites is 1. The number of rotatable bonds is 4. The second-order valence-electron chi connectivity index (χ2n) is 7.83. The normalized spacial score (nSPS) is 15.7. The number of likely N-dealkylation sites (tertiary alicyclic amines) is 1. The van der Waals surface area contributed by atoms with Gasteiger partial charge in [0.2, 0.25) is 0 Å². The molecule has 1 saturated heterocycles. The van der Waals surface area contributed by atoms with Crippen molar-refractivity contribution in [1.82, 2.24) is 24.3 Å². The zero-order valence-electron chi connectivity index (χ0n) is 18.3. The van der Waals surface area contributed by atoms with Crippen LogP contribution in [0, 0.1) is 11.8 Å². The highest BCUT2D eigenvalue weighted by Gasteiger charge is 2.31. The standard InChI is InChI=1S/C26H23N5O2/c1-2-8-24(32)30-15-7-6-11-22(30)26-29-25(23-18-27-14-16-31(23)26)21-13-12-20(17-28-21)33-19-9-4-3-5-10-19/h3-5,9-10,12-14,16-18,22H,6-7,11,15H2,1H3/t22-/m0/s1. The average Bonchev–Trinajstić information content (AvgIpc) is 3.25. The third-order valence-electron chi connectivity index (χ3n) is 5.73. The van der Waals surface area contributed by atoms with Gasteiger partial charge in [0.15, 0.2) is 0 Å². The van der Waals surface area contributed by atoms with E-state index in [1.807, 2.05) is 58.0 Å². The number of carbonyl (C=O) groups excluding carboxylic acids is 1. The number of imidazole rings is 1. The zero-order valence-corrected chi connectivity index (χ0v) is 18.3. The van der Waals surface area contributed by atoms with E-state index in [4.69, 9.17) is 9.72 Å². The monoisotopic (exact) mass is 437 g/mol. The molecule has 7 heteroatoms. The van der Waals surface area contributed by atoms with Crippen molar-refractivity contribution in [2.24, 2.45) is 0 Å². The Morgan fingerprint density at radius 2 is 1.97 bits per heavy atom. The lowest BCUT2D eigenvalue weighted by molar-refractivity contribution is -0.129. The number of amides is 1. The Morgan fingerprint density at radius 3 is 2.76 bits per heavy atom.